The second-order valence-electron chi connectivity index (χ2n) is 8.36. The van der Waals surface area contributed by atoms with Crippen LogP contribution in [0.25, 0.3) is 11.1 Å². The molecule has 2 unspecified atom stereocenters. The van der Waals surface area contributed by atoms with Crippen LogP contribution >= 0.6 is 0 Å². The van der Waals surface area contributed by atoms with Gasteiger partial charge in [-0.15, -0.1) is 13.2 Å². The van der Waals surface area contributed by atoms with E-state index in [0.29, 0.717) is 6.07 Å². The van der Waals surface area contributed by atoms with E-state index in [-0.39, 0.29) is 18.1 Å². The minimum atomic E-state index is -5.09. The molecule has 0 bridgehead atoms. The van der Waals surface area contributed by atoms with E-state index in [9.17, 15) is 33.0 Å². The Hall–Kier alpha value is -4.09. The Kier molecular flexibility index (Phi) is 7.37. The van der Waals surface area contributed by atoms with Crippen LogP contribution in [0.5, 0.6) is 5.75 Å². The van der Waals surface area contributed by atoms with E-state index in [0.717, 1.165) is 34.4 Å². The first-order chi connectivity index (χ1) is 17.5. The summed E-state index contributed by atoms with van der Waals surface area (Å²) in [6.07, 6.45) is -9.50. The molecular weight excluding hydrogens is 495 g/mol. The highest BCUT2D eigenvalue weighted by Crippen LogP contribution is 2.44. The van der Waals surface area contributed by atoms with Crippen LogP contribution in [0.15, 0.2) is 66.7 Å². The zero-order valence-electron chi connectivity index (χ0n) is 19.1. The molecule has 0 aromatic heterocycles. The Morgan fingerprint density at radius 1 is 0.946 bits per heavy atom. The van der Waals surface area contributed by atoms with Crippen molar-refractivity contribution < 1.29 is 47.6 Å². The highest BCUT2D eigenvalue weighted by atomic mass is 19.4. The van der Waals surface area contributed by atoms with Crippen molar-refractivity contribution in [2.75, 3.05) is 13.2 Å². The molecule has 1 aliphatic carbocycles. The number of carboxylic acid groups (broad SMARTS) is 1. The summed E-state index contributed by atoms with van der Waals surface area (Å²) < 4.78 is 46.8. The highest BCUT2D eigenvalue weighted by molar-refractivity contribution is 5.88. The number of aliphatic hydroxyl groups is 2. The van der Waals surface area contributed by atoms with E-state index >= 15 is 0 Å². The summed E-state index contributed by atoms with van der Waals surface area (Å²) >= 11 is 0. The Morgan fingerprint density at radius 2 is 1.54 bits per heavy atom. The number of ether oxygens (including phenoxy) is 2. The lowest BCUT2D eigenvalue weighted by Crippen LogP contribution is -2.36. The first-order valence-electron chi connectivity index (χ1n) is 11.1. The summed E-state index contributed by atoms with van der Waals surface area (Å²) in [5.41, 5.74) is 3.16. The molecule has 3 aromatic carbocycles. The van der Waals surface area contributed by atoms with Gasteiger partial charge in [0, 0.05) is 12.5 Å². The van der Waals surface area contributed by atoms with Crippen LogP contribution in [-0.4, -0.2) is 53.0 Å². The van der Waals surface area contributed by atoms with Crippen LogP contribution in [0.2, 0.25) is 0 Å². The molecular formula is C26H22F3NO7. The van der Waals surface area contributed by atoms with Crippen molar-refractivity contribution in [2.45, 2.75) is 24.5 Å². The number of fused-ring (bicyclic) bond motifs is 3. The third-order valence-corrected chi connectivity index (χ3v) is 5.91. The third kappa shape index (κ3) is 6.01. The number of rotatable bonds is 8. The van der Waals surface area contributed by atoms with Gasteiger partial charge in [-0.2, -0.15) is 0 Å². The molecule has 0 radical (unpaired) electrons. The number of carbonyl (C=O) groups is 2. The number of carboxylic acids is 1. The number of amides is 1. The molecule has 0 spiro atoms. The van der Waals surface area contributed by atoms with E-state index in [1.807, 2.05) is 48.5 Å². The fraction of sp³-hybridized carbons (Fsp3) is 0.231. The number of hydrogen-bond donors (Lipinski definition) is 4. The summed E-state index contributed by atoms with van der Waals surface area (Å²) in [5, 5.41) is 32.1. The molecule has 0 heterocycles. The lowest BCUT2D eigenvalue weighted by Gasteiger charge is -2.20. The van der Waals surface area contributed by atoms with Crippen LogP contribution < -0.4 is 10.1 Å². The van der Waals surface area contributed by atoms with Crippen molar-refractivity contribution in [3.8, 4) is 16.9 Å². The van der Waals surface area contributed by atoms with Gasteiger partial charge in [0.2, 0.25) is 0 Å². The highest BCUT2D eigenvalue weighted by Gasteiger charge is 2.32. The smallest absolute Gasteiger partial charge is 0.478 e. The maximum Gasteiger partial charge on any atom is 0.573 e. The molecule has 11 heteroatoms. The van der Waals surface area contributed by atoms with E-state index in [4.69, 9.17) is 9.84 Å². The molecule has 1 amide bonds. The van der Waals surface area contributed by atoms with Gasteiger partial charge in [-0.1, -0.05) is 48.5 Å². The Bertz CT molecular complexity index is 1270. The number of alkyl halides is 3. The van der Waals surface area contributed by atoms with Gasteiger partial charge in [-0.3, -0.25) is 0 Å². The van der Waals surface area contributed by atoms with E-state index in [2.05, 4.69) is 10.1 Å². The van der Waals surface area contributed by atoms with E-state index < -0.39 is 48.5 Å². The molecule has 3 aromatic rings. The monoisotopic (exact) mass is 517 g/mol. The van der Waals surface area contributed by atoms with Crippen molar-refractivity contribution in [3.05, 3.63) is 89.0 Å². The number of benzene rings is 3. The molecule has 0 saturated carbocycles. The maximum absolute atomic E-state index is 12.6. The van der Waals surface area contributed by atoms with E-state index in [1.54, 1.807) is 0 Å². The first kappa shape index (κ1) is 26.0. The average Bonchev–Trinajstić information content (AvgIpc) is 3.18. The van der Waals surface area contributed by atoms with Crippen molar-refractivity contribution >= 4 is 12.1 Å². The van der Waals surface area contributed by atoms with Gasteiger partial charge >= 0.3 is 18.4 Å². The number of halogens is 3. The normalized spacial score (nSPS) is 14.3. The topological polar surface area (TPSA) is 125 Å². The predicted octanol–water partition coefficient (Wildman–Crippen LogP) is 4.22. The quantitative estimate of drug-likeness (QED) is 0.353. The number of nitrogens with one attached hydrogen (secondary N) is 1. The summed E-state index contributed by atoms with van der Waals surface area (Å²) in [6.45, 7) is -0.512. The number of aromatic carboxylic acids is 1. The molecule has 0 saturated heterocycles. The first-order valence-corrected chi connectivity index (χ1v) is 11.1. The molecule has 37 heavy (non-hydrogen) atoms. The Labute approximate surface area is 208 Å². The van der Waals surface area contributed by atoms with Gasteiger partial charge in [-0.25, -0.2) is 9.59 Å². The number of carbonyl (C=O) groups excluding carboxylic acids is 1. The van der Waals surface area contributed by atoms with Crippen molar-refractivity contribution in [3.63, 3.8) is 0 Å². The summed E-state index contributed by atoms with van der Waals surface area (Å²) in [4.78, 5) is 23.6. The largest absolute Gasteiger partial charge is 0.573 e. The van der Waals surface area contributed by atoms with Crippen LogP contribution in [0.3, 0.4) is 0 Å². The van der Waals surface area contributed by atoms with Crippen molar-refractivity contribution in [1.29, 1.82) is 0 Å². The number of alkyl carbamates (subject to hydrolysis) is 1. The number of aliphatic hydroxyl groups excluding tert-OH is 2. The fourth-order valence-corrected chi connectivity index (χ4v) is 4.28. The van der Waals surface area contributed by atoms with Gasteiger partial charge in [-0.05, 0) is 46.0 Å². The number of hydrogen-bond acceptors (Lipinski definition) is 6. The van der Waals surface area contributed by atoms with Gasteiger partial charge < -0.3 is 30.1 Å². The molecule has 0 aliphatic heterocycles. The molecule has 194 valence electrons. The molecule has 2 atom stereocenters. The minimum absolute atomic E-state index is 0.0112. The summed E-state index contributed by atoms with van der Waals surface area (Å²) in [6, 6.07) is 17.8. The summed E-state index contributed by atoms with van der Waals surface area (Å²) in [5.74, 6) is -2.63. The zero-order valence-corrected chi connectivity index (χ0v) is 19.1. The molecule has 0 fully saturated rings. The maximum atomic E-state index is 12.6. The predicted molar refractivity (Wildman–Crippen MR) is 124 cm³/mol. The van der Waals surface area contributed by atoms with Crippen molar-refractivity contribution in [1.82, 2.24) is 5.32 Å². The van der Waals surface area contributed by atoms with Gasteiger partial charge in [0.05, 0.1) is 5.56 Å². The van der Waals surface area contributed by atoms with Crippen LogP contribution in [0.1, 0.15) is 39.1 Å². The lowest BCUT2D eigenvalue weighted by atomic mass is 9.98. The van der Waals surface area contributed by atoms with Crippen LogP contribution in [-0.2, 0) is 4.74 Å². The third-order valence-electron chi connectivity index (χ3n) is 5.91. The fourth-order valence-electron chi connectivity index (χ4n) is 4.28. The molecule has 8 nitrogen and oxygen atoms in total. The average molecular weight is 517 g/mol. The SMILES string of the molecule is O=C(NCC(O)C(O)c1cc(OC(F)(F)F)cc(C(=O)O)c1)OCC1c2ccccc2-c2ccccc21. The second kappa shape index (κ2) is 10.5. The second-order valence-corrected chi connectivity index (χ2v) is 8.36. The van der Waals surface area contributed by atoms with Crippen LogP contribution in [0, 0.1) is 0 Å². The van der Waals surface area contributed by atoms with Gasteiger partial charge in [0.15, 0.2) is 0 Å². The zero-order chi connectivity index (χ0) is 26.7. The standard InChI is InChI=1S/C26H22F3NO7/c27-26(28,29)37-16-10-14(9-15(11-16)24(33)34)23(32)22(31)12-30-25(35)36-13-21-19-7-3-1-5-17(19)18-6-2-4-8-20(18)21/h1-11,21-23,31-32H,12-13H2,(H,30,35)(H,33,34). The van der Waals surface area contributed by atoms with E-state index in [1.165, 1.54) is 0 Å². The Morgan fingerprint density at radius 3 is 2.11 bits per heavy atom. The van der Waals surface area contributed by atoms with Crippen molar-refractivity contribution in [2.24, 2.45) is 0 Å². The molecule has 4 rings (SSSR count). The molecule has 1 aliphatic rings. The lowest BCUT2D eigenvalue weighted by molar-refractivity contribution is -0.274. The summed E-state index contributed by atoms with van der Waals surface area (Å²) in [7, 11) is 0. The Balaban J connectivity index is 1.37. The minimum Gasteiger partial charge on any atom is -0.478 e. The van der Waals surface area contributed by atoms with Gasteiger partial charge in [0.25, 0.3) is 0 Å². The van der Waals surface area contributed by atoms with Gasteiger partial charge in [0.1, 0.15) is 24.6 Å². The molecule has 4 N–H and O–H groups in total. The van der Waals surface area contributed by atoms with Crippen LogP contribution in [0.4, 0.5) is 18.0 Å².